The first kappa shape index (κ1) is 16.2. The monoisotopic (exact) mass is 330 g/mol. The van der Waals surface area contributed by atoms with Gasteiger partial charge in [0, 0.05) is 12.7 Å². The Balaban J connectivity index is 2.10. The van der Waals surface area contributed by atoms with Crippen LogP contribution in [0.2, 0.25) is 5.15 Å². The summed E-state index contributed by atoms with van der Waals surface area (Å²) in [6, 6.07) is 5.23. The molecule has 0 radical (unpaired) electrons. The van der Waals surface area contributed by atoms with E-state index in [9.17, 15) is 8.42 Å². The normalized spacial score (nSPS) is 12.4. The van der Waals surface area contributed by atoms with E-state index >= 15 is 0 Å². The maximum Gasteiger partial charge on any atom is 0.259 e. The molecule has 0 aliphatic carbocycles. The molecule has 0 saturated carbocycles. The molecule has 21 heavy (non-hydrogen) atoms. The third-order valence-corrected chi connectivity index (χ3v) is 4.88. The third kappa shape index (κ3) is 3.94. The molecule has 0 aromatic carbocycles. The molecule has 0 amide bonds. The van der Waals surface area contributed by atoms with Crippen molar-refractivity contribution >= 4 is 27.3 Å². The lowest BCUT2D eigenvalue weighted by Gasteiger charge is -2.10. The van der Waals surface area contributed by atoms with Crippen molar-refractivity contribution < 1.29 is 8.42 Å². The zero-order valence-electron chi connectivity index (χ0n) is 12.1. The van der Waals surface area contributed by atoms with Gasteiger partial charge in [-0.15, -0.1) is 0 Å². The Morgan fingerprint density at radius 2 is 2.10 bits per heavy atom. The van der Waals surface area contributed by atoms with Crippen LogP contribution in [0, 0.1) is 0 Å². The number of nitrogens with zero attached hydrogens (tertiary/aromatic N) is 3. The average Bonchev–Trinajstić information content (AvgIpc) is 2.74. The van der Waals surface area contributed by atoms with Crippen molar-refractivity contribution in [3.63, 3.8) is 0 Å². The molecule has 8 heteroatoms. The van der Waals surface area contributed by atoms with E-state index in [4.69, 9.17) is 11.6 Å². The van der Waals surface area contributed by atoms with Crippen LogP contribution in [0.5, 0.6) is 0 Å². The highest BCUT2D eigenvalue weighted by Gasteiger charge is 2.23. The number of hydrogen-bond acceptors (Lipinski definition) is 4. The molecule has 0 aliphatic rings. The summed E-state index contributed by atoms with van der Waals surface area (Å²) in [5.41, 5.74) is 0.510. The molecule has 0 saturated heterocycles. The number of halogens is 1. The number of nitrogens with one attached hydrogen (secondary N) is 1. The minimum absolute atomic E-state index is 0.00706. The molecule has 0 atom stereocenters. The quantitative estimate of drug-likeness (QED) is 0.783. The maximum atomic E-state index is 12.4. The van der Waals surface area contributed by atoms with Gasteiger partial charge >= 0.3 is 0 Å². The lowest BCUT2D eigenvalue weighted by atomic mass is 10.3. The van der Waals surface area contributed by atoms with Gasteiger partial charge in [0.05, 0.1) is 0 Å². The van der Waals surface area contributed by atoms with Crippen molar-refractivity contribution in [3.05, 3.63) is 29.5 Å². The van der Waals surface area contributed by atoms with E-state index in [0.717, 1.165) is 19.4 Å². The zero-order valence-corrected chi connectivity index (χ0v) is 13.7. The second kappa shape index (κ2) is 6.74. The number of pyridine rings is 1. The molecule has 2 heterocycles. The van der Waals surface area contributed by atoms with Crippen molar-refractivity contribution in [2.24, 2.45) is 0 Å². The molecule has 0 spiro atoms. The predicted molar refractivity (Wildman–Crippen MR) is 83.2 cm³/mol. The number of rotatable bonds is 7. The highest BCUT2D eigenvalue weighted by Crippen LogP contribution is 2.22. The van der Waals surface area contributed by atoms with E-state index in [2.05, 4.69) is 14.6 Å². The first-order valence-electron chi connectivity index (χ1n) is 6.69. The zero-order chi connectivity index (χ0) is 15.5. The fourth-order valence-electron chi connectivity index (χ4n) is 2.01. The van der Waals surface area contributed by atoms with Crippen LogP contribution < -0.4 is 4.72 Å². The van der Waals surface area contributed by atoms with Gasteiger partial charge in [0.15, 0.2) is 10.2 Å². The molecule has 2 rings (SSSR count). The van der Waals surface area contributed by atoms with Crippen LogP contribution >= 0.6 is 11.6 Å². The van der Waals surface area contributed by atoms with Crippen LogP contribution in [0.3, 0.4) is 0 Å². The molecule has 6 nitrogen and oxygen atoms in total. The SMILES string of the molecule is CN(C)CCCCNS(=O)(=O)c1c(Cl)nc2ccccn12. The first-order valence-corrected chi connectivity index (χ1v) is 8.55. The number of unbranched alkanes of at least 4 members (excludes halogenated alkanes) is 1. The van der Waals surface area contributed by atoms with Crippen molar-refractivity contribution in [2.75, 3.05) is 27.2 Å². The summed E-state index contributed by atoms with van der Waals surface area (Å²) >= 11 is 5.98. The summed E-state index contributed by atoms with van der Waals surface area (Å²) in [4.78, 5) is 6.11. The van der Waals surface area contributed by atoms with E-state index in [-0.39, 0.29) is 10.2 Å². The average molecular weight is 331 g/mol. The second-order valence-electron chi connectivity index (χ2n) is 5.04. The van der Waals surface area contributed by atoms with Gasteiger partial charge in [0.1, 0.15) is 5.65 Å². The van der Waals surface area contributed by atoms with E-state index in [0.29, 0.717) is 12.2 Å². The Hall–Kier alpha value is -1.15. The van der Waals surface area contributed by atoms with Crippen LogP contribution in [0.4, 0.5) is 0 Å². The van der Waals surface area contributed by atoms with Gasteiger partial charge in [0.2, 0.25) is 0 Å². The maximum absolute atomic E-state index is 12.4. The van der Waals surface area contributed by atoms with Crippen LogP contribution in [0.25, 0.3) is 5.65 Å². The summed E-state index contributed by atoms with van der Waals surface area (Å²) in [7, 11) is 0.307. The Morgan fingerprint density at radius 1 is 1.33 bits per heavy atom. The van der Waals surface area contributed by atoms with Crippen LogP contribution in [0.15, 0.2) is 29.4 Å². The Kier molecular flexibility index (Phi) is 5.21. The number of imidazole rings is 1. The number of fused-ring (bicyclic) bond motifs is 1. The fourth-order valence-corrected chi connectivity index (χ4v) is 3.73. The van der Waals surface area contributed by atoms with Gasteiger partial charge in [-0.2, -0.15) is 0 Å². The topological polar surface area (TPSA) is 66.7 Å². The largest absolute Gasteiger partial charge is 0.309 e. The minimum Gasteiger partial charge on any atom is -0.309 e. The summed E-state index contributed by atoms with van der Waals surface area (Å²) in [6.07, 6.45) is 3.33. The molecule has 0 fully saturated rings. The molecule has 2 aromatic heterocycles. The van der Waals surface area contributed by atoms with E-state index in [1.807, 2.05) is 14.1 Å². The standard InChI is InChI=1S/C13H19ClN4O2S/c1-17(2)9-6-4-8-15-21(19,20)13-12(14)16-11-7-3-5-10-18(11)13/h3,5,7,10,15H,4,6,8-9H2,1-2H3. The summed E-state index contributed by atoms with van der Waals surface area (Å²) in [5.74, 6) is 0. The van der Waals surface area contributed by atoms with Crippen molar-refractivity contribution in [3.8, 4) is 0 Å². The van der Waals surface area contributed by atoms with Gasteiger partial charge in [-0.05, 0) is 45.6 Å². The lowest BCUT2D eigenvalue weighted by Crippen LogP contribution is -2.27. The minimum atomic E-state index is -3.67. The summed E-state index contributed by atoms with van der Waals surface area (Å²) in [5, 5.41) is -0.0191. The highest BCUT2D eigenvalue weighted by molar-refractivity contribution is 7.89. The second-order valence-corrected chi connectivity index (χ2v) is 7.09. The molecular formula is C13H19ClN4O2S. The molecular weight excluding hydrogens is 312 g/mol. The van der Waals surface area contributed by atoms with Crippen molar-refractivity contribution in [1.82, 2.24) is 19.0 Å². The van der Waals surface area contributed by atoms with Crippen molar-refractivity contribution in [1.29, 1.82) is 0 Å². The van der Waals surface area contributed by atoms with Crippen LogP contribution in [-0.2, 0) is 10.0 Å². The fraction of sp³-hybridized carbons (Fsp3) is 0.462. The molecule has 0 unspecified atom stereocenters. The van der Waals surface area contributed by atoms with Crippen molar-refractivity contribution in [2.45, 2.75) is 17.9 Å². The molecule has 1 N–H and O–H groups in total. The molecule has 116 valence electrons. The van der Waals surface area contributed by atoms with Gasteiger partial charge in [-0.1, -0.05) is 17.7 Å². The van der Waals surface area contributed by atoms with Crippen LogP contribution in [0.1, 0.15) is 12.8 Å². The smallest absolute Gasteiger partial charge is 0.259 e. The molecule has 0 bridgehead atoms. The summed E-state index contributed by atoms with van der Waals surface area (Å²) in [6.45, 7) is 1.31. The van der Waals surface area contributed by atoms with Gasteiger partial charge < -0.3 is 4.90 Å². The van der Waals surface area contributed by atoms with E-state index < -0.39 is 10.0 Å². The number of sulfonamides is 1. The van der Waals surface area contributed by atoms with Crippen LogP contribution in [-0.4, -0.2) is 49.9 Å². The highest BCUT2D eigenvalue weighted by atomic mass is 35.5. The van der Waals surface area contributed by atoms with Gasteiger partial charge in [-0.25, -0.2) is 18.1 Å². The van der Waals surface area contributed by atoms with Gasteiger partial charge in [0.25, 0.3) is 10.0 Å². The Bertz CT molecular complexity index is 712. The lowest BCUT2D eigenvalue weighted by molar-refractivity contribution is 0.394. The molecule has 2 aromatic rings. The predicted octanol–water partition coefficient (Wildman–Crippen LogP) is 1.61. The number of aromatic nitrogens is 2. The Labute approximate surface area is 129 Å². The van der Waals surface area contributed by atoms with E-state index in [1.54, 1.807) is 24.4 Å². The Morgan fingerprint density at radius 3 is 2.81 bits per heavy atom. The third-order valence-electron chi connectivity index (χ3n) is 3.03. The molecule has 0 aliphatic heterocycles. The number of hydrogen-bond donors (Lipinski definition) is 1. The van der Waals surface area contributed by atoms with Gasteiger partial charge in [-0.3, -0.25) is 4.40 Å². The van der Waals surface area contributed by atoms with E-state index in [1.165, 1.54) is 4.40 Å². The summed E-state index contributed by atoms with van der Waals surface area (Å²) < 4.78 is 28.8. The first-order chi connectivity index (χ1) is 9.92.